The molecule has 0 fully saturated rings. The van der Waals surface area contributed by atoms with Crippen LogP contribution >= 0.6 is 0 Å². The minimum Gasteiger partial charge on any atom is -0.497 e. The summed E-state index contributed by atoms with van der Waals surface area (Å²) in [7, 11) is 1.54. The first-order valence-electron chi connectivity index (χ1n) is 14.1. The van der Waals surface area contributed by atoms with Crippen LogP contribution in [0.15, 0.2) is 82.9 Å². The van der Waals surface area contributed by atoms with E-state index in [9.17, 15) is 15.0 Å². The number of hydrazine groups is 1. The summed E-state index contributed by atoms with van der Waals surface area (Å²) in [5.41, 5.74) is 15.3. The monoisotopic (exact) mass is 604 g/mol. The van der Waals surface area contributed by atoms with Gasteiger partial charge in [-0.2, -0.15) is 0 Å². The molecular weight excluding hydrogens is 568 g/mol. The Kier molecular flexibility index (Phi) is 11.5. The summed E-state index contributed by atoms with van der Waals surface area (Å²) in [6.45, 7) is -0.388. The Labute approximate surface area is 254 Å². The van der Waals surface area contributed by atoms with E-state index < -0.39 is 36.8 Å². The molecule has 1 heterocycles. The summed E-state index contributed by atoms with van der Waals surface area (Å²) in [5.74, 6) is 0.795. The summed E-state index contributed by atoms with van der Waals surface area (Å²) in [4.78, 5) is 22.1. The Morgan fingerprint density at radius 3 is 2.50 bits per heavy atom. The van der Waals surface area contributed by atoms with E-state index in [-0.39, 0.29) is 25.5 Å². The molecule has 0 unspecified atom stereocenters. The largest absolute Gasteiger partial charge is 0.497 e. The molecule has 13 nitrogen and oxygen atoms in total. The van der Waals surface area contributed by atoms with Gasteiger partial charge in [-0.25, -0.2) is 10.4 Å². The molecule has 2 atom stereocenters. The van der Waals surface area contributed by atoms with Gasteiger partial charge in [0, 0.05) is 29.9 Å². The Morgan fingerprint density at radius 2 is 1.82 bits per heavy atom. The van der Waals surface area contributed by atoms with E-state index in [4.69, 9.17) is 29.8 Å². The number of carbonyl (C=O) groups is 1. The molecule has 1 aliphatic heterocycles. The number of aliphatic imine (C=N–C) groups is 1. The minimum absolute atomic E-state index is 0.0245. The molecule has 0 saturated carbocycles. The molecule has 0 radical (unpaired) electrons. The number of nitrogens with one attached hydrogen (secondary N) is 2. The molecule has 1 aliphatic rings. The van der Waals surface area contributed by atoms with Crippen molar-refractivity contribution < 1.29 is 34.3 Å². The number of nitrogens with zero attached hydrogens (tertiary/aromatic N) is 4. The van der Waals surface area contributed by atoms with E-state index in [0.29, 0.717) is 46.8 Å². The Bertz CT molecular complexity index is 1470. The number of azide groups is 1. The lowest BCUT2D eigenvalue weighted by atomic mass is 9.81. The second-order valence-corrected chi connectivity index (χ2v) is 10.1. The molecule has 13 heteroatoms. The van der Waals surface area contributed by atoms with Crippen LogP contribution in [-0.4, -0.2) is 72.2 Å². The summed E-state index contributed by atoms with van der Waals surface area (Å²) in [5, 5.41) is 31.9. The van der Waals surface area contributed by atoms with Crippen LogP contribution in [0, 0.1) is 0 Å². The van der Waals surface area contributed by atoms with Gasteiger partial charge in [-0.05, 0) is 58.6 Å². The van der Waals surface area contributed by atoms with Gasteiger partial charge in [0.25, 0.3) is 5.91 Å². The van der Waals surface area contributed by atoms with Crippen LogP contribution in [0.1, 0.15) is 34.8 Å². The lowest BCUT2D eigenvalue weighted by Gasteiger charge is -2.32. The highest BCUT2D eigenvalue weighted by Gasteiger charge is 2.53. The van der Waals surface area contributed by atoms with Crippen molar-refractivity contribution in [2.75, 3.05) is 33.5 Å². The van der Waals surface area contributed by atoms with Gasteiger partial charge in [0.15, 0.2) is 11.6 Å². The van der Waals surface area contributed by atoms with Crippen molar-refractivity contribution in [2.45, 2.75) is 37.1 Å². The number of aliphatic hydroxyl groups is 3. The number of rotatable bonds is 16. The molecular formula is C31H36N6O7. The molecule has 232 valence electrons. The van der Waals surface area contributed by atoms with Crippen LogP contribution < -0.4 is 20.3 Å². The zero-order chi connectivity index (χ0) is 31.4. The number of hydrogen-bond donors (Lipinski definition) is 5. The molecule has 44 heavy (non-hydrogen) atoms. The van der Waals surface area contributed by atoms with Crippen LogP contribution in [0.25, 0.3) is 10.4 Å². The van der Waals surface area contributed by atoms with Gasteiger partial charge in [-0.3, -0.25) is 10.2 Å². The van der Waals surface area contributed by atoms with Crippen LogP contribution in [0.5, 0.6) is 11.5 Å². The van der Waals surface area contributed by atoms with E-state index in [1.54, 1.807) is 49.6 Å². The summed E-state index contributed by atoms with van der Waals surface area (Å²) < 4.78 is 17.6. The summed E-state index contributed by atoms with van der Waals surface area (Å²) in [6, 6.07) is 20.7. The number of hydrogen-bond acceptors (Lipinski definition) is 10. The van der Waals surface area contributed by atoms with Crippen molar-refractivity contribution in [1.29, 1.82) is 0 Å². The SMILES string of the molecule is COc1cccc([C@@H]2OC(c3ccc(OCCCO)cc3)=N[C@]2(Cc2ccccc2CN=[N+]=[N-])C(=O)NNC(CO)CO)c1. The second kappa shape index (κ2) is 15.7. The van der Waals surface area contributed by atoms with E-state index in [2.05, 4.69) is 20.9 Å². The van der Waals surface area contributed by atoms with Gasteiger partial charge in [0.1, 0.15) is 11.5 Å². The molecule has 1 amide bonds. The number of amides is 1. The smallest absolute Gasteiger partial charge is 0.266 e. The van der Waals surface area contributed by atoms with Crippen molar-refractivity contribution in [3.8, 4) is 11.5 Å². The highest BCUT2D eigenvalue weighted by molar-refractivity contribution is 6.01. The van der Waals surface area contributed by atoms with Gasteiger partial charge >= 0.3 is 0 Å². The fourth-order valence-electron chi connectivity index (χ4n) is 4.79. The molecule has 4 rings (SSSR count). The Hall–Kier alpha value is -4.65. The van der Waals surface area contributed by atoms with Crippen molar-refractivity contribution in [3.05, 3.63) is 105 Å². The third-order valence-corrected chi connectivity index (χ3v) is 7.14. The van der Waals surface area contributed by atoms with Crippen molar-refractivity contribution in [2.24, 2.45) is 10.1 Å². The van der Waals surface area contributed by atoms with Crippen LogP contribution in [0.4, 0.5) is 0 Å². The zero-order valence-electron chi connectivity index (χ0n) is 24.3. The third-order valence-electron chi connectivity index (χ3n) is 7.14. The molecule has 0 aliphatic carbocycles. The van der Waals surface area contributed by atoms with Gasteiger partial charge in [0.05, 0.1) is 39.5 Å². The maximum atomic E-state index is 14.3. The van der Waals surface area contributed by atoms with Gasteiger partial charge in [0.2, 0.25) is 5.90 Å². The summed E-state index contributed by atoms with van der Waals surface area (Å²) >= 11 is 0. The molecule has 3 aromatic rings. The number of ether oxygens (including phenoxy) is 3. The zero-order valence-corrected chi connectivity index (χ0v) is 24.3. The number of benzene rings is 3. The first-order valence-corrected chi connectivity index (χ1v) is 14.1. The molecule has 0 spiro atoms. The number of carbonyl (C=O) groups excluding carboxylic acids is 1. The molecule has 5 N–H and O–H groups in total. The van der Waals surface area contributed by atoms with Crippen molar-refractivity contribution in [1.82, 2.24) is 10.9 Å². The van der Waals surface area contributed by atoms with E-state index >= 15 is 0 Å². The second-order valence-electron chi connectivity index (χ2n) is 10.1. The van der Waals surface area contributed by atoms with Crippen LogP contribution in [0.2, 0.25) is 0 Å². The number of methoxy groups -OCH3 is 1. The van der Waals surface area contributed by atoms with E-state index in [1.165, 1.54) is 0 Å². The maximum Gasteiger partial charge on any atom is 0.266 e. The highest BCUT2D eigenvalue weighted by atomic mass is 16.5. The molecule has 0 bridgehead atoms. The first kappa shape index (κ1) is 32.3. The lowest BCUT2D eigenvalue weighted by molar-refractivity contribution is -0.130. The number of aliphatic hydroxyl groups excluding tert-OH is 3. The molecule has 0 saturated heterocycles. The quantitative estimate of drug-likeness (QED) is 0.0542. The van der Waals surface area contributed by atoms with Gasteiger partial charge in [-0.1, -0.05) is 41.5 Å². The first-order chi connectivity index (χ1) is 21.5. The average Bonchev–Trinajstić information content (AvgIpc) is 3.45. The maximum absolute atomic E-state index is 14.3. The van der Waals surface area contributed by atoms with Crippen LogP contribution in [0.3, 0.4) is 0 Å². The Morgan fingerprint density at radius 1 is 1.07 bits per heavy atom. The Balaban J connectivity index is 1.83. The lowest BCUT2D eigenvalue weighted by Crippen LogP contribution is -2.57. The molecule has 3 aromatic carbocycles. The predicted molar refractivity (Wildman–Crippen MR) is 162 cm³/mol. The van der Waals surface area contributed by atoms with Crippen molar-refractivity contribution in [3.63, 3.8) is 0 Å². The van der Waals surface area contributed by atoms with Crippen molar-refractivity contribution >= 4 is 11.8 Å². The van der Waals surface area contributed by atoms with Gasteiger partial charge in [-0.15, -0.1) is 0 Å². The van der Waals surface area contributed by atoms with Gasteiger partial charge < -0.3 is 29.5 Å². The highest BCUT2D eigenvalue weighted by Crippen LogP contribution is 2.43. The van der Waals surface area contributed by atoms with Crippen LogP contribution in [-0.2, 0) is 22.5 Å². The predicted octanol–water partition coefficient (Wildman–Crippen LogP) is 2.74. The van der Waals surface area contributed by atoms with E-state index in [1.807, 2.05) is 30.3 Å². The summed E-state index contributed by atoms with van der Waals surface area (Å²) in [6.07, 6.45) is -0.391. The standard InChI is InChI=1S/C31H36N6O7/c1-42-27-9-4-8-22(16-27)28-31(30(41)36-35-25(19-39)20-40,17-23-6-2-3-7-24(23)18-33-37-32)34-29(44-28)21-10-12-26(13-11-21)43-15-5-14-38/h2-4,6-13,16,25,28,35,38-40H,5,14-15,17-20H2,1H3,(H,36,41)/t28-,31-/m0/s1. The van der Waals surface area contributed by atoms with E-state index in [0.717, 1.165) is 0 Å². The third kappa shape index (κ3) is 7.64. The average molecular weight is 605 g/mol. The normalized spacial score (nSPS) is 17.4. The minimum atomic E-state index is -1.60. The fourth-order valence-corrected chi connectivity index (χ4v) is 4.79. The topological polar surface area (TPSA) is 191 Å². The fraction of sp³-hybridized carbons (Fsp3) is 0.355. The molecule has 0 aromatic heterocycles.